The molecule has 0 aliphatic heterocycles. The Hall–Kier alpha value is -3.20. The highest BCUT2D eigenvalue weighted by molar-refractivity contribution is 5.97. The molecule has 2 aromatic carbocycles. The number of carbonyl (C=O) groups excluding carboxylic acids is 1. The van der Waals surface area contributed by atoms with Crippen LogP contribution in [0, 0.1) is 11.3 Å². The van der Waals surface area contributed by atoms with E-state index >= 15 is 0 Å². The van der Waals surface area contributed by atoms with Crippen LogP contribution in [0.2, 0.25) is 0 Å². The minimum Gasteiger partial charge on any atom is -0.332 e. The first-order chi connectivity index (χ1) is 12.5. The number of nitriles is 1. The Morgan fingerprint density at radius 3 is 2.58 bits per heavy atom. The number of fused-ring (bicyclic) bond motifs is 1. The smallest absolute Gasteiger partial charge is 0.254 e. The zero-order chi connectivity index (χ0) is 18.7. The Bertz CT molecular complexity index is 966. The van der Waals surface area contributed by atoms with Gasteiger partial charge in [-0.2, -0.15) is 5.26 Å². The number of rotatable bonds is 5. The molecule has 0 atom stereocenters. The summed E-state index contributed by atoms with van der Waals surface area (Å²) >= 11 is 0. The summed E-state index contributed by atoms with van der Waals surface area (Å²) in [5.41, 5.74) is 3.85. The van der Waals surface area contributed by atoms with Crippen molar-refractivity contribution >= 4 is 16.9 Å². The van der Waals surface area contributed by atoms with Gasteiger partial charge in [-0.05, 0) is 56.7 Å². The van der Waals surface area contributed by atoms with Crippen LogP contribution in [-0.2, 0) is 13.1 Å². The number of aryl methyl sites for hydroxylation is 1. The van der Waals surface area contributed by atoms with Gasteiger partial charge in [-0.3, -0.25) is 4.79 Å². The lowest BCUT2D eigenvalue weighted by Gasteiger charge is -2.27. The Kier molecular flexibility index (Phi) is 4.99. The largest absolute Gasteiger partial charge is 0.332 e. The molecule has 6 nitrogen and oxygen atoms in total. The Morgan fingerprint density at radius 1 is 1.23 bits per heavy atom. The Labute approximate surface area is 152 Å². The molecule has 132 valence electrons. The summed E-state index contributed by atoms with van der Waals surface area (Å²) in [5.74, 6) is -0.0442. The molecule has 3 rings (SSSR count). The molecule has 0 fully saturated rings. The molecule has 0 aliphatic rings. The van der Waals surface area contributed by atoms with Crippen LogP contribution in [0.3, 0.4) is 0 Å². The molecule has 0 saturated heterocycles. The molecule has 0 N–H and O–H groups in total. The van der Waals surface area contributed by atoms with Gasteiger partial charge in [0.25, 0.3) is 5.91 Å². The maximum atomic E-state index is 13.1. The highest BCUT2D eigenvalue weighted by Crippen LogP contribution is 2.18. The summed E-state index contributed by atoms with van der Waals surface area (Å²) in [6.07, 6.45) is 0. The number of hydrogen-bond donors (Lipinski definition) is 0. The molecule has 0 bridgehead atoms. The van der Waals surface area contributed by atoms with Crippen LogP contribution in [0.15, 0.2) is 42.5 Å². The number of benzene rings is 2. The molecule has 1 heterocycles. The molecule has 6 heteroatoms. The van der Waals surface area contributed by atoms with Crippen molar-refractivity contribution in [2.45, 2.75) is 39.9 Å². The molecule has 1 aromatic heterocycles. The van der Waals surface area contributed by atoms with Gasteiger partial charge in [0.1, 0.15) is 5.52 Å². The molecule has 0 spiro atoms. The average Bonchev–Trinajstić information content (AvgIpc) is 3.08. The predicted octanol–water partition coefficient (Wildman–Crippen LogP) is 3.37. The lowest BCUT2D eigenvalue weighted by Crippen LogP contribution is -2.36. The lowest BCUT2D eigenvalue weighted by molar-refractivity contribution is 0.0690. The highest BCUT2D eigenvalue weighted by atomic mass is 16.2. The zero-order valence-electron chi connectivity index (χ0n) is 15.2. The normalized spacial score (nSPS) is 10.9. The van der Waals surface area contributed by atoms with Gasteiger partial charge in [-0.25, -0.2) is 4.68 Å². The summed E-state index contributed by atoms with van der Waals surface area (Å²) in [7, 11) is 0. The zero-order valence-corrected chi connectivity index (χ0v) is 15.2. The minimum absolute atomic E-state index is 0.0418. The van der Waals surface area contributed by atoms with Gasteiger partial charge >= 0.3 is 0 Å². The number of nitrogens with zero attached hydrogens (tertiary/aromatic N) is 5. The van der Waals surface area contributed by atoms with Crippen molar-refractivity contribution in [1.82, 2.24) is 19.9 Å². The van der Waals surface area contributed by atoms with Gasteiger partial charge in [-0.1, -0.05) is 17.3 Å². The fourth-order valence-corrected chi connectivity index (χ4v) is 2.87. The maximum absolute atomic E-state index is 13.1. The SMILES string of the molecule is CCn1nnc2cc(C(=O)N(Cc3ccc(C#N)cc3)C(C)C)ccc21. The molecule has 26 heavy (non-hydrogen) atoms. The highest BCUT2D eigenvalue weighted by Gasteiger charge is 2.20. The summed E-state index contributed by atoms with van der Waals surface area (Å²) in [4.78, 5) is 14.9. The number of carbonyl (C=O) groups is 1. The molecule has 0 aliphatic carbocycles. The van der Waals surface area contributed by atoms with E-state index in [0.717, 1.165) is 23.1 Å². The van der Waals surface area contributed by atoms with Gasteiger partial charge in [0.05, 0.1) is 17.1 Å². The van der Waals surface area contributed by atoms with E-state index in [0.29, 0.717) is 17.7 Å². The van der Waals surface area contributed by atoms with Gasteiger partial charge in [-0.15, -0.1) is 5.10 Å². The van der Waals surface area contributed by atoms with E-state index in [1.165, 1.54) is 0 Å². The van der Waals surface area contributed by atoms with E-state index < -0.39 is 0 Å². The predicted molar refractivity (Wildman–Crippen MR) is 99.4 cm³/mol. The first kappa shape index (κ1) is 17.6. The summed E-state index contributed by atoms with van der Waals surface area (Å²) in [6, 6.07) is 15.0. The first-order valence-corrected chi connectivity index (χ1v) is 8.66. The van der Waals surface area contributed by atoms with E-state index in [1.54, 1.807) is 22.9 Å². The van der Waals surface area contributed by atoms with Crippen molar-refractivity contribution in [1.29, 1.82) is 5.26 Å². The third-order valence-electron chi connectivity index (χ3n) is 4.38. The first-order valence-electron chi connectivity index (χ1n) is 8.66. The summed E-state index contributed by atoms with van der Waals surface area (Å²) in [6.45, 7) is 7.22. The molecule has 0 unspecified atom stereocenters. The van der Waals surface area contributed by atoms with E-state index in [-0.39, 0.29) is 11.9 Å². The second-order valence-corrected chi connectivity index (χ2v) is 6.44. The maximum Gasteiger partial charge on any atom is 0.254 e. The minimum atomic E-state index is -0.0442. The van der Waals surface area contributed by atoms with Gasteiger partial charge in [0, 0.05) is 24.7 Å². The summed E-state index contributed by atoms with van der Waals surface area (Å²) in [5, 5.41) is 17.2. The van der Waals surface area contributed by atoms with Crippen LogP contribution in [0.1, 0.15) is 42.3 Å². The van der Waals surface area contributed by atoms with Crippen LogP contribution in [-0.4, -0.2) is 31.8 Å². The quantitative estimate of drug-likeness (QED) is 0.709. The van der Waals surface area contributed by atoms with Crippen molar-refractivity contribution in [2.24, 2.45) is 0 Å². The number of amides is 1. The second kappa shape index (κ2) is 7.36. The molecule has 0 radical (unpaired) electrons. The van der Waals surface area contributed by atoms with Crippen molar-refractivity contribution in [3.63, 3.8) is 0 Å². The van der Waals surface area contributed by atoms with Crippen LogP contribution in [0.25, 0.3) is 11.0 Å². The molecule has 3 aromatic rings. The number of aromatic nitrogens is 3. The van der Waals surface area contributed by atoms with Crippen LogP contribution < -0.4 is 0 Å². The average molecular weight is 347 g/mol. The lowest BCUT2D eigenvalue weighted by atomic mass is 10.1. The standard InChI is InChI=1S/C20H21N5O/c1-4-25-19-10-9-17(11-18(19)22-23-25)20(26)24(14(2)3)13-16-7-5-15(12-21)6-8-16/h5-11,14H,4,13H2,1-3H3. The van der Waals surface area contributed by atoms with Crippen molar-refractivity contribution in [3.8, 4) is 6.07 Å². The Balaban J connectivity index is 1.87. The summed E-state index contributed by atoms with van der Waals surface area (Å²) < 4.78 is 1.81. The van der Waals surface area contributed by atoms with Crippen LogP contribution >= 0.6 is 0 Å². The second-order valence-electron chi connectivity index (χ2n) is 6.44. The van der Waals surface area contributed by atoms with Gasteiger partial charge in [0.2, 0.25) is 0 Å². The third kappa shape index (κ3) is 3.42. The topological polar surface area (TPSA) is 74.8 Å². The van der Waals surface area contributed by atoms with Gasteiger partial charge < -0.3 is 4.90 Å². The van der Waals surface area contributed by atoms with E-state index in [4.69, 9.17) is 5.26 Å². The number of hydrogen-bond acceptors (Lipinski definition) is 4. The van der Waals surface area contributed by atoms with Crippen LogP contribution in [0.5, 0.6) is 0 Å². The molecule has 1 amide bonds. The van der Waals surface area contributed by atoms with Crippen molar-refractivity contribution < 1.29 is 4.79 Å². The van der Waals surface area contributed by atoms with Crippen molar-refractivity contribution in [2.75, 3.05) is 0 Å². The van der Waals surface area contributed by atoms with Crippen molar-refractivity contribution in [3.05, 3.63) is 59.2 Å². The molecular weight excluding hydrogens is 326 g/mol. The fraction of sp³-hybridized carbons (Fsp3) is 0.300. The Morgan fingerprint density at radius 2 is 1.96 bits per heavy atom. The van der Waals surface area contributed by atoms with Crippen LogP contribution in [0.4, 0.5) is 0 Å². The molecular formula is C20H21N5O. The van der Waals surface area contributed by atoms with E-state index in [9.17, 15) is 4.79 Å². The van der Waals surface area contributed by atoms with E-state index in [2.05, 4.69) is 16.4 Å². The third-order valence-corrected chi connectivity index (χ3v) is 4.38. The van der Waals surface area contributed by atoms with Gasteiger partial charge in [0.15, 0.2) is 0 Å². The van der Waals surface area contributed by atoms with E-state index in [1.807, 2.05) is 49.9 Å². The fourth-order valence-electron chi connectivity index (χ4n) is 2.87. The monoisotopic (exact) mass is 347 g/mol. The molecule has 0 saturated carbocycles.